The molecule has 1 aromatic carbocycles. The van der Waals surface area contributed by atoms with Gasteiger partial charge in [-0.2, -0.15) is 5.10 Å². The molecule has 0 fully saturated rings. The van der Waals surface area contributed by atoms with Crippen LogP contribution in [0, 0.1) is 0 Å². The first-order valence-electron chi connectivity index (χ1n) is 5.93. The van der Waals surface area contributed by atoms with E-state index < -0.39 is 0 Å². The molecule has 0 aliphatic heterocycles. The molecule has 0 saturated heterocycles. The van der Waals surface area contributed by atoms with Crippen molar-refractivity contribution >= 4 is 0 Å². The van der Waals surface area contributed by atoms with Crippen LogP contribution in [0.5, 0.6) is 0 Å². The Hall–Kier alpha value is -1.61. The monoisotopic (exact) mass is 230 g/mol. The van der Waals surface area contributed by atoms with Gasteiger partial charge in [-0.15, -0.1) is 0 Å². The highest BCUT2D eigenvalue weighted by atomic mass is 16.3. The van der Waals surface area contributed by atoms with Crippen molar-refractivity contribution in [3.05, 3.63) is 53.9 Å². The maximum absolute atomic E-state index is 9.94. The molecule has 2 aromatic rings. The van der Waals surface area contributed by atoms with Crippen molar-refractivity contribution in [3.8, 4) is 0 Å². The molecular formula is C14H18N2O. The normalized spacial score (nSPS) is 12.6. The van der Waals surface area contributed by atoms with Crippen LogP contribution in [0.2, 0.25) is 0 Å². The fourth-order valence-electron chi connectivity index (χ4n) is 1.93. The van der Waals surface area contributed by atoms with E-state index in [-0.39, 0.29) is 6.10 Å². The molecule has 0 bridgehead atoms. The van der Waals surface area contributed by atoms with E-state index in [1.165, 1.54) is 5.56 Å². The highest BCUT2D eigenvalue weighted by Crippen LogP contribution is 2.09. The number of aromatic nitrogens is 2. The summed E-state index contributed by atoms with van der Waals surface area (Å²) in [5.74, 6) is 0. The van der Waals surface area contributed by atoms with Gasteiger partial charge in [-0.05, 0) is 24.0 Å². The van der Waals surface area contributed by atoms with Gasteiger partial charge in [0.2, 0.25) is 0 Å². The number of rotatable bonds is 5. The van der Waals surface area contributed by atoms with Gasteiger partial charge >= 0.3 is 0 Å². The van der Waals surface area contributed by atoms with Gasteiger partial charge in [0.05, 0.1) is 12.3 Å². The lowest BCUT2D eigenvalue weighted by Gasteiger charge is -2.08. The van der Waals surface area contributed by atoms with E-state index in [0.717, 1.165) is 18.4 Å². The SMILES string of the molecule is Cn1cc(CC(O)CCc2ccccc2)cn1. The van der Waals surface area contributed by atoms with Gasteiger partial charge in [0.1, 0.15) is 0 Å². The molecule has 0 radical (unpaired) electrons. The van der Waals surface area contributed by atoms with E-state index >= 15 is 0 Å². The van der Waals surface area contributed by atoms with Crippen molar-refractivity contribution in [1.82, 2.24) is 9.78 Å². The van der Waals surface area contributed by atoms with Crippen molar-refractivity contribution in [3.63, 3.8) is 0 Å². The van der Waals surface area contributed by atoms with Gasteiger partial charge in [-0.3, -0.25) is 4.68 Å². The van der Waals surface area contributed by atoms with Gasteiger partial charge < -0.3 is 5.11 Å². The lowest BCUT2D eigenvalue weighted by atomic mass is 10.0. The molecule has 0 spiro atoms. The molecule has 0 saturated carbocycles. The molecular weight excluding hydrogens is 212 g/mol. The van der Waals surface area contributed by atoms with Gasteiger partial charge in [-0.25, -0.2) is 0 Å². The minimum Gasteiger partial charge on any atom is -0.393 e. The molecule has 3 heteroatoms. The quantitative estimate of drug-likeness (QED) is 0.852. The second-order valence-corrected chi connectivity index (χ2v) is 4.40. The van der Waals surface area contributed by atoms with Crippen molar-refractivity contribution in [2.24, 2.45) is 7.05 Å². The summed E-state index contributed by atoms with van der Waals surface area (Å²) in [4.78, 5) is 0. The Balaban J connectivity index is 1.80. The largest absolute Gasteiger partial charge is 0.393 e. The van der Waals surface area contributed by atoms with Crippen LogP contribution in [0.3, 0.4) is 0 Å². The first-order valence-corrected chi connectivity index (χ1v) is 5.93. The molecule has 2 rings (SSSR count). The maximum Gasteiger partial charge on any atom is 0.0584 e. The molecule has 90 valence electrons. The highest BCUT2D eigenvalue weighted by Gasteiger charge is 2.07. The van der Waals surface area contributed by atoms with E-state index in [1.807, 2.05) is 37.6 Å². The Kier molecular flexibility index (Phi) is 3.94. The van der Waals surface area contributed by atoms with Gasteiger partial charge in [-0.1, -0.05) is 30.3 Å². The number of aryl methyl sites for hydroxylation is 2. The topological polar surface area (TPSA) is 38.0 Å². The zero-order chi connectivity index (χ0) is 12.1. The van der Waals surface area contributed by atoms with Crippen LogP contribution in [-0.2, 0) is 19.9 Å². The van der Waals surface area contributed by atoms with Crippen LogP contribution in [0.1, 0.15) is 17.5 Å². The highest BCUT2D eigenvalue weighted by molar-refractivity contribution is 5.15. The average molecular weight is 230 g/mol. The molecule has 3 nitrogen and oxygen atoms in total. The van der Waals surface area contributed by atoms with Crippen LogP contribution in [0.25, 0.3) is 0 Å². The maximum atomic E-state index is 9.94. The predicted molar refractivity (Wildman–Crippen MR) is 67.7 cm³/mol. The van der Waals surface area contributed by atoms with E-state index in [1.54, 1.807) is 4.68 Å². The first-order chi connectivity index (χ1) is 8.24. The number of aliphatic hydroxyl groups excluding tert-OH is 1. The number of hydrogen-bond acceptors (Lipinski definition) is 2. The van der Waals surface area contributed by atoms with Gasteiger partial charge in [0.15, 0.2) is 0 Å². The molecule has 0 aliphatic rings. The minimum atomic E-state index is -0.292. The molecule has 1 aromatic heterocycles. The standard InChI is InChI=1S/C14H18N2O/c1-16-11-13(10-15-16)9-14(17)8-7-12-5-3-2-4-6-12/h2-6,10-11,14,17H,7-9H2,1H3. The summed E-state index contributed by atoms with van der Waals surface area (Å²) in [6.45, 7) is 0. The van der Waals surface area contributed by atoms with Crippen molar-refractivity contribution in [1.29, 1.82) is 0 Å². The Bertz CT molecular complexity index is 450. The predicted octanol–water partition coefficient (Wildman–Crippen LogP) is 1.96. The first kappa shape index (κ1) is 11.9. The van der Waals surface area contributed by atoms with E-state index in [9.17, 15) is 5.11 Å². The van der Waals surface area contributed by atoms with Crippen LogP contribution < -0.4 is 0 Å². The van der Waals surface area contributed by atoms with Crippen molar-refractivity contribution in [2.45, 2.75) is 25.4 Å². The zero-order valence-corrected chi connectivity index (χ0v) is 10.1. The van der Waals surface area contributed by atoms with Crippen LogP contribution in [0.4, 0.5) is 0 Å². The molecule has 0 amide bonds. The number of hydrogen-bond donors (Lipinski definition) is 1. The third kappa shape index (κ3) is 3.71. The van der Waals surface area contributed by atoms with Crippen molar-refractivity contribution < 1.29 is 5.11 Å². The van der Waals surface area contributed by atoms with E-state index in [4.69, 9.17) is 0 Å². The number of aliphatic hydroxyl groups is 1. The third-order valence-corrected chi connectivity index (χ3v) is 2.84. The fraction of sp³-hybridized carbons (Fsp3) is 0.357. The molecule has 1 atom stereocenters. The summed E-state index contributed by atoms with van der Waals surface area (Å²) in [6, 6.07) is 10.3. The summed E-state index contributed by atoms with van der Waals surface area (Å²) in [5.41, 5.74) is 2.37. The minimum absolute atomic E-state index is 0.292. The second kappa shape index (κ2) is 5.64. The number of nitrogens with zero attached hydrogens (tertiary/aromatic N) is 2. The molecule has 1 heterocycles. The summed E-state index contributed by atoms with van der Waals surface area (Å²) in [7, 11) is 1.89. The Labute approximate surface area is 102 Å². The van der Waals surface area contributed by atoms with Crippen molar-refractivity contribution in [2.75, 3.05) is 0 Å². The Morgan fingerprint density at radius 2 is 2.00 bits per heavy atom. The molecule has 0 aliphatic carbocycles. The van der Waals surface area contributed by atoms with Gasteiger partial charge in [0.25, 0.3) is 0 Å². The summed E-state index contributed by atoms with van der Waals surface area (Å²) < 4.78 is 1.76. The summed E-state index contributed by atoms with van der Waals surface area (Å²) in [5, 5.41) is 14.0. The lowest BCUT2D eigenvalue weighted by Crippen LogP contribution is -2.11. The van der Waals surface area contributed by atoms with Gasteiger partial charge in [0, 0.05) is 19.7 Å². The third-order valence-electron chi connectivity index (χ3n) is 2.84. The number of benzene rings is 1. The fourth-order valence-corrected chi connectivity index (χ4v) is 1.93. The second-order valence-electron chi connectivity index (χ2n) is 4.40. The Morgan fingerprint density at radius 1 is 1.24 bits per heavy atom. The van der Waals surface area contributed by atoms with Crippen LogP contribution in [0.15, 0.2) is 42.7 Å². The zero-order valence-electron chi connectivity index (χ0n) is 10.1. The Morgan fingerprint density at radius 3 is 2.65 bits per heavy atom. The average Bonchev–Trinajstić information content (AvgIpc) is 2.73. The molecule has 17 heavy (non-hydrogen) atoms. The van der Waals surface area contributed by atoms with Crippen LogP contribution in [-0.4, -0.2) is 21.0 Å². The van der Waals surface area contributed by atoms with Crippen LogP contribution >= 0.6 is 0 Å². The summed E-state index contributed by atoms with van der Waals surface area (Å²) >= 11 is 0. The molecule has 1 unspecified atom stereocenters. The van der Waals surface area contributed by atoms with E-state index in [0.29, 0.717) is 6.42 Å². The summed E-state index contributed by atoms with van der Waals surface area (Å²) in [6.07, 6.45) is 5.86. The smallest absolute Gasteiger partial charge is 0.0584 e. The van der Waals surface area contributed by atoms with E-state index in [2.05, 4.69) is 17.2 Å². The molecule has 1 N–H and O–H groups in total. The lowest BCUT2D eigenvalue weighted by molar-refractivity contribution is 0.165.